The van der Waals surface area contributed by atoms with Crippen LogP contribution in [0.1, 0.15) is 37.1 Å². The molecular formula is C15H23N3OS. The van der Waals surface area contributed by atoms with Gasteiger partial charge in [-0.15, -0.1) is 11.3 Å². The van der Waals surface area contributed by atoms with Crippen LogP contribution in [0.15, 0.2) is 17.5 Å². The highest BCUT2D eigenvalue weighted by molar-refractivity contribution is 7.10. The lowest BCUT2D eigenvalue weighted by Crippen LogP contribution is -2.54. The van der Waals surface area contributed by atoms with Crippen LogP contribution < -0.4 is 5.73 Å². The van der Waals surface area contributed by atoms with Crippen molar-refractivity contribution in [3.63, 3.8) is 0 Å². The molecule has 110 valence electrons. The summed E-state index contributed by atoms with van der Waals surface area (Å²) in [6.45, 7) is 4.93. The van der Waals surface area contributed by atoms with E-state index < -0.39 is 0 Å². The van der Waals surface area contributed by atoms with Gasteiger partial charge >= 0.3 is 0 Å². The van der Waals surface area contributed by atoms with E-state index in [1.807, 2.05) is 0 Å². The Hall–Kier alpha value is -0.910. The van der Waals surface area contributed by atoms with Gasteiger partial charge in [-0.2, -0.15) is 0 Å². The number of rotatable bonds is 4. The van der Waals surface area contributed by atoms with Gasteiger partial charge in [0.2, 0.25) is 5.91 Å². The molecule has 3 unspecified atom stereocenters. The molecule has 2 N–H and O–H groups in total. The molecular weight excluding hydrogens is 270 g/mol. The van der Waals surface area contributed by atoms with E-state index in [0.29, 0.717) is 18.0 Å². The summed E-state index contributed by atoms with van der Waals surface area (Å²) in [4.78, 5) is 17.7. The Bertz CT molecular complexity index is 462. The van der Waals surface area contributed by atoms with Crippen LogP contribution in [-0.4, -0.2) is 47.4 Å². The molecule has 3 atom stereocenters. The lowest BCUT2D eigenvalue weighted by molar-refractivity contribution is -0.131. The maximum atomic E-state index is 11.8. The molecule has 0 radical (unpaired) electrons. The maximum Gasteiger partial charge on any atom is 0.222 e. The molecule has 2 aliphatic rings. The summed E-state index contributed by atoms with van der Waals surface area (Å²) >= 11 is 1.79. The fourth-order valence-corrected chi connectivity index (χ4v) is 4.42. The van der Waals surface area contributed by atoms with Gasteiger partial charge in [0, 0.05) is 43.0 Å². The van der Waals surface area contributed by atoms with Crippen LogP contribution >= 0.6 is 11.3 Å². The average molecular weight is 293 g/mol. The van der Waals surface area contributed by atoms with Gasteiger partial charge in [-0.3, -0.25) is 9.69 Å². The monoisotopic (exact) mass is 293 g/mol. The van der Waals surface area contributed by atoms with E-state index in [-0.39, 0.29) is 6.04 Å². The molecule has 5 heteroatoms. The Labute approximate surface area is 124 Å². The molecule has 0 saturated carbocycles. The zero-order chi connectivity index (χ0) is 14.1. The topological polar surface area (TPSA) is 49.6 Å². The first-order valence-corrected chi connectivity index (χ1v) is 8.41. The quantitative estimate of drug-likeness (QED) is 0.921. The Balaban J connectivity index is 1.77. The number of hydrogen-bond acceptors (Lipinski definition) is 4. The van der Waals surface area contributed by atoms with E-state index in [1.165, 1.54) is 4.88 Å². The fourth-order valence-electron chi connectivity index (χ4n) is 3.49. The van der Waals surface area contributed by atoms with Crippen molar-refractivity contribution in [1.82, 2.24) is 9.80 Å². The predicted molar refractivity (Wildman–Crippen MR) is 81.6 cm³/mol. The number of fused-ring (bicyclic) bond motifs is 1. The standard InChI is InChI=1S/C15H23N3OS/c1-2-12(16)15(13-4-3-9-20-13)17-7-8-18-11(10-17)5-6-14(18)19/h3-4,9,11-12,15H,2,5-8,10,16H2,1H3. The summed E-state index contributed by atoms with van der Waals surface area (Å²) < 4.78 is 0. The second-order valence-electron chi connectivity index (χ2n) is 5.81. The molecule has 1 aromatic heterocycles. The SMILES string of the molecule is CCC(N)C(c1cccs1)N1CCN2C(=O)CCC2C1. The molecule has 0 aliphatic carbocycles. The van der Waals surface area contributed by atoms with Crippen LogP contribution in [0, 0.1) is 0 Å². The van der Waals surface area contributed by atoms with E-state index in [0.717, 1.165) is 38.9 Å². The number of amides is 1. The van der Waals surface area contributed by atoms with Crippen molar-refractivity contribution in [3.8, 4) is 0 Å². The number of carbonyl (C=O) groups is 1. The molecule has 1 amide bonds. The van der Waals surface area contributed by atoms with Gasteiger partial charge in [0.05, 0.1) is 6.04 Å². The van der Waals surface area contributed by atoms with Crippen molar-refractivity contribution in [3.05, 3.63) is 22.4 Å². The average Bonchev–Trinajstić information content (AvgIpc) is 3.10. The number of thiophene rings is 1. The minimum Gasteiger partial charge on any atom is -0.337 e. The number of piperazine rings is 1. The molecule has 3 heterocycles. The largest absolute Gasteiger partial charge is 0.337 e. The summed E-state index contributed by atoms with van der Waals surface area (Å²) in [6.07, 6.45) is 2.71. The lowest BCUT2D eigenvalue weighted by Gasteiger charge is -2.43. The number of nitrogens with zero attached hydrogens (tertiary/aromatic N) is 2. The molecule has 3 rings (SSSR count). The summed E-state index contributed by atoms with van der Waals surface area (Å²) in [5.41, 5.74) is 6.39. The predicted octanol–water partition coefficient (Wildman–Crippen LogP) is 1.83. The van der Waals surface area contributed by atoms with Crippen molar-refractivity contribution in [1.29, 1.82) is 0 Å². The number of nitrogens with two attached hydrogens (primary N) is 1. The second-order valence-corrected chi connectivity index (χ2v) is 6.79. The molecule has 2 fully saturated rings. The Morgan fingerprint density at radius 2 is 2.35 bits per heavy atom. The third kappa shape index (κ3) is 2.50. The molecule has 4 nitrogen and oxygen atoms in total. The zero-order valence-corrected chi connectivity index (χ0v) is 12.8. The van der Waals surface area contributed by atoms with Gasteiger partial charge in [-0.05, 0) is 24.3 Å². The maximum absolute atomic E-state index is 11.8. The first-order valence-electron chi connectivity index (χ1n) is 7.53. The Kier molecular flexibility index (Phi) is 4.10. The molecule has 1 aromatic rings. The van der Waals surface area contributed by atoms with Crippen molar-refractivity contribution < 1.29 is 4.79 Å². The minimum atomic E-state index is 0.164. The Morgan fingerprint density at radius 1 is 1.50 bits per heavy atom. The highest BCUT2D eigenvalue weighted by atomic mass is 32.1. The summed E-state index contributed by atoms with van der Waals surface area (Å²) in [6, 6.07) is 5.17. The minimum absolute atomic E-state index is 0.164. The van der Waals surface area contributed by atoms with Crippen molar-refractivity contribution in [2.45, 2.75) is 44.3 Å². The van der Waals surface area contributed by atoms with Gasteiger partial charge in [0.25, 0.3) is 0 Å². The summed E-state index contributed by atoms with van der Waals surface area (Å²) in [5.74, 6) is 0.335. The van der Waals surface area contributed by atoms with E-state index in [4.69, 9.17) is 5.73 Å². The Morgan fingerprint density at radius 3 is 3.05 bits per heavy atom. The van der Waals surface area contributed by atoms with Gasteiger partial charge in [-0.1, -0.05) is 13.0 Å². The van der Waals surface area contributed by atoms with Crippen molar-refractivity contribution in [2.75, 3.05) is 19.6 Å². The third-order valence-corrected chi connectivity index (χ3v) is 5.57. The van der Waals surface area contributed by atoms with Crippen LogP contribution in [0.4, 0.5) is 0 Å². The fraction of sp³-hybridized carbons (Fsp3) is 0.667. The number of hydrogen-bond donors (Lipinski definition) is 1. The molecule has 20 heavy (non-hydrogen) atoms. The smallest absolute Gasteiger partial charge is 0.222 e. The summed E-state index contributed by atoms with van der Waals surface area (Å²) in [7, 11) is 0. The van der Waals surface area contributed by atoms with Crippen molar-refractivity contribution >= 4 is 17.2 Å². The van der Waals surface area contributed by atoms with E-state index >= 15 is 0 Å². The molecule has 2 saturated heterocycles. The second kappa shape index (κ2) is 5.84. The molecule has 2 aliphatic heterocycles. The van der Waals surface area contributed by atoms with Gasteiger partial charge in [0.15, 0.2) is 0 Å². The van der Waals surface area contributed by atoms with E-state index in [1.54, 1.807) is 11.3 Å². The summed E-state index contributed by atoms with van der Waals surface area (Å²) in [5, 5.41) is 2.13. The highest BCUT2D eigenvalue weighted by Crippen LogP contribution is 2.33. The normalized spacial score (nSPS) is 26.6. The van der Waals surface area contributed by atoms with Gasteiger partial charge < -0.3 is 10.6 Å². The van der Waals surface area contributed by atoms with Crippen LogP contribution in [0.2, 0.25) is 0 Å². The number of carbonyl (C=O) groups excluding carboxylic acids is 1. The highest BCUT2D eigenvalue weighted by Gasteiger charge is 2.39. The van der Waals surface area contributed by atoms with E-state index in [2.05, 4.69) is 34.2 Å². The first-order chi connectivity index (χ1) is 9.70. The first kappa shape index (κ1) is 14.0. The van der Waals surface area contributed by atoms with Crippen LogP contribution in [0.3, 0.4) is 0 Å². The lowest BCUT2D eigenvalue weighted by atomic mass is 10.0. The molecule has 0 spiro atoms. The van der Waals surface area contributed by atoms with Crippen LogP contribution in [0.5, 0.6) is 0 Å². The van der Waals surface area contributed by atoms with Gasteiger partial charge in [-0.25, -0.2) is 0 Å². The third-order valence-electron chi connectivity index (χ3n) is 4.63. The van der Waals surface area contributed by atoms with Crippen molar-refractivity contribution in [2.24, 2.45) is 5.73 Å². The van der Waals surface area contributed by atoms with Gasteiger partial charge in [0.1, 0.15) is 0 Å². The zero-order valence-electron chi connectivity index (χ0n) is 12.0. The molecule has 0 bridgehead atoms. The molecule has 0 aromatic carbocycles. The van der Waals surface area contributed by atoms with E-state index in [9.17, 15) is 4.79 Å². The van der Waals surface area contributed by atoms with Crippen LogP contribution in [-0.2, 0) is 4.79 Å². The van der Waals surface area contributed by atoms with Crippen LogP contribution in [0.25, 0.3) is 0 Å².